The molecule has 0 spiro atoms. The number of nitrogens with zero attached hydrogens (tertiary/aromatic N) is 3. The first-order valence-electron chi connectivity index (χ1n) is 6.84. The van der Waals surface area contributed by atoms with Crippen LogP contribution in [0.2, 0.25) is 0 Å². The van der Waals surface area contributed by atoms with Crippen LogP contribution in [0.25, 0.3) is 11.0 Å². The molecule has 0 amide bonds. The van der Waals surface area contributed by atoms with Gasteiger partial charge >= 0.3 is 0 Å². The SMILES string of the molecule is N=C(N)c1c(NN)n([C@@H]2O[C@H](C=O)[C@@H](O)[C@H]2O)c2ncnc(N)c12. The van der Waals surface area contributed by atoms with E-state index in [0.717, 1.165) is 0 Å². The Morgan fingerprint density at radius 2 is 2.12 bits per heavy atom. The molecular weight excluding hydrogens is 320 g/mol. The van der Waals surface area contributed by atoms with Crippen molar-refractivity contribution in [1.29, 1.82) is 5.41 Å². The Labute approximate surface area is 134 Å². The van der Waals surface area contributed by atoms with Crippen LogP contribution in [0.5, 0.6) is 0 Å². The van der Waals surface area contributed by atoms with Crippen molar-refractivity contribution >= 4 is 34.8 Å². The number of nitrogen functional groups attached to an aromatic ring is 3. The van der Waals surface area contributed by atoms with Gasteiger partial charge in [-0.3, -0.25) is 9.98 Å². The van der Waals surface area contributed by atoms with Gasteiger partial charge in [0, 0.05) is 0 Å². The van der Waals surface area contributed by atoms with Gasteiger partial charge < -0.3 is 36.6 Å². The van der Waals surface area contributed by atoms with E-state index in [4.69, 9.17) is 27.5 Å². The lowest BCUT2D eigenvalue weighted by atomic mass is 10.1. The monoisotopic (exact) mass is 336 g/mol. The number of ether oxygens (including phenoxy) is 1. The number of carbonyl (C=O) groups is 1. The molecule has 0 radical (unpaired) electrons. The second-order valence-electron chi connectivity index (χ2n) is 5.22. The largest absolute Gasteiger partial charge is 0.387 e. The average molecular weight is 336 g/mol. The number of nitrogens with two attached hydrogens (primary N) is 3. The van der Waals surface area contributed by atoms with Gasteiger partial charge in [-0.05, 0) is 0 Å². The molecule has 1 fully saturated rings. The van der Waals surface area contributed by atoms with E-state index in [9.17, 15) is 15.0 Å². The quantitative estimate of drug-likeness (QED) is 0.102. The van der Waals surface area contributed by atoms with Gasteiger partial charge in [-0.2, -0.15) is 0 Å². The van der Waals surface area contributed by atoms with Gasteiger partial charge in [0.15, 0.2) is 12.5 Å². The number of aldehydes is 1. The van der Waals surface area contributed by atoms with Crippen molar-refractivity contribution in [2.45, 2.75) is 24.5 Å². The van der Waals surface area contributed by atoms with Crippen molar-refractivity contribution in [3.8, 4) is 0 Å². The van der Waals surface area contributed by atoms with Crippen molar-refractivity contribution in [2.75, 3.05) is 11.2 Å². The highest BCUT2D eigenvalue weighted by atomic mass is 16.6. The van der Waals surface area contributed by atoms with Crippen molar-refractivity contribution in [3.63, 3.8) is 0 Å². The number of hydrogen-bond acceptors (Lipinski definition) is 10. The Morgan fingerprint density at radius 1 is 1.42 bits per heavy atom. The highest BCUT2D eigenvalue weighted by molar-refractivity contribution is 6.14. The maximum absolute atomic E-state index is 11.0. The lowest BCUT2D eigenvalue weighted by Gasteiger charge is -2.20. The van der Waals surface area contributed by atoms with E-state index in [-0.39, 0.29) is 34.1 Å². The smallest absolute Gasteiger partial charge is 0.166 e. The minimum atomic E-state index is -1.45. The van der Waals surface area contributed by atoms with Gasteiger partial charge in [0.2, 0.25) is 0 Å². The Balaban J connectivity index is 2.31. The van der Waals surface area contributed by atoms with Gasteiger partial charge in [-0.25, -0.2) is 15.8 Å². The maximum atomic E-state index is 11.0. The number of amidine groups is 1. The molecule has 0 aromatic carbocycles. The zero-order valence-electron chi connectivity index (χ0n) is 12.2. The summed E-state index contributed by atoms with van der Waals surface area (Å²) in [4.78, 5) is 18.9. The third kappa shape index (κ3) is 2.09. The minimum Gasteiger partial charge on any atom is -0.387 e. The molecule has 10 N–H and O–H groups in total. The Kier molecular flexibility index (Phi) is 3.81. The van der Waals surface area contributed by atoms with Crippen LogP contribution in [0.4, 0.5) is 11.6 Å². The van der Waals surface area contributed by atoms with Crippen LogP contribution in [0.15, 0.2) is 6.33 Å². The van der Waals surface area contributed by atoms with Gasteiger partial charge in [0.05, 0.1) is 10.9 Å². The molecule has 0 bridgehead atoms. The normalized spacial score (nSPS) is 26.6. The van der Waals surface area contributed by atoms with E-state index in [1.54, 1.807) is 0 Å². The predicted molar refractivity (Wildman–Crippen MR) is 82.8 cm³/mol. The fraction of sp³-hybridized carbons (Fsp3) is 0.333. The Bertz CT molecular complexity index is 821. The van der Waals surface area contributed by atoms with E-state index in [0.29, 0.717) is 6.29 Å². The Morgan fingerprint density at radius 3 is 2.67 bits per heavy atom. The lowest BCUT2D eigenvalue weighted by Crippen LogP contribution is -2.32. The molecule has 4 atom stereocenters. The molecule has 128 valence electrons. The maximum Gasteiger partial charge on any atom is 0.166 e. The first-order valence-corrected chi connectivity index (χ1v) is 6.84. The number of fused-ring (bicyclic) bond motifs is 1. The molecular formula is C12H16N8O4. The van der Waals surface area contributed by atoms with E-state index in [2.05, 4.69) is 15.4 Å². The summed E-state index contributed by atoms with van der Waals surface area (Å²) in [6, 6.07) is 0. The van der Waals surface area contributed by atoms with Gasteiger partial charge in [-0.1, -0.05) is 0 Å². The van der Waals surface area contributed by atoms with E-state index in [1.807, 2.05) is 0 Å². The number of aliphatic hydroxyl groups is 2. The molecule has 1 aliphatic rings. The topological polar surface area (TPSA) is 211 Å². The molecule has 3 rings (SSSR count). The zero-order chi connectivity index (χ0) is 17.6. The summed E-state index contributed by atoms with van der Waals surface area (Å²) < 4.78 is 6.67. The third-order valence-electron chi connectivity index (χ3n) is 3.88. The first-order chi connectivity index (χ1) is 11.4. The molecule has 1 saturated heterocycles. The molecule has 0 saturated carbocycles. The molecule has 2 aromatic heterocycles. The van der Waals surface area contributed by atoms with Crippen LogP contribution in [-0.4, -0.2) is 55.2 Å². The van der Waals surface area contributed by atoms with E-state index in [1.165, 1.54) is 10.9 Å². The molecule has 24 heavy (non-hydrogen) atoms. The van der Waals surface area contributed by atoms with E-state index < -0.39 is 24.5 Å². The predicted octanol–water partition coefficient (Wildman–Crippen LogP) is -2.60. The first kappa shape index (κ1) is 16.1. The van der Waals surface area contributed by atoms with Gasteiger partial charge in [0.1, 0.15) is 47.8 Å². The number of hydrogen-bond donors (Lipinski definition) is 7. The highest BCUT2D eigenvalue weighted by Crippen LogP contribution is 2.38. The molecule has 0 unspecified atom stereocenters. The second-order valence-corrected chi connectivity index (χ2v) is 5.22. The second kappa shape index (κ2) is 5.68. The third-order valence-corrected chi connectivity index (χ3v) is 3.88. The van der Waals surface area contributed by atoms with Gasteiger partial charge in [-0.15, -0.1) is 0 Å². The Hall–Kier alpha value is -2.80. The number of nitrogens with one attached hydrogen (secondary N) is 2. The number of aliphatic hydroxyl groups excluding tert-OH is 2. The van der Waals surface area contributed by atoms with Crippen LogP contribution in [0, 0.1) is 5.41 Å². The molecule has 12 heteroatoms. The van der Waals surface area contributed by atoms with Crippen molar-refractivity contribution < 1.29 is 19.7 Å². The number of hydrazine groups is 1. The number of anilines is 2. The van der Waals surface area contributed by atoms with Crippen molar-refractivity contribution in [2.24, 2.45) is 11.6 Å². The molecule has 3 heterocycles. The van der Waals surface area contributed by atoms with Gasteiger partial charge in [0.25, 0.3) is 0 Å². The summed E-state index contributed by atoms with van der Waals surface area (Å²) in [6.07, 6.45) is -3.76. The average Bonchev–Trinajstić information content (AvgIpc) is 3.03. The zero-order valence-corrected chi connectivity index (χ0v) is 12.2. The standard InChI is InChI=1S/C12H16N8O4/c13-8(14)4-5-9(15)17-2-18-10(5)20(11(4)19-16)12-7(23)6(22)3(1-21)24-12/h1-3,6-7,12,19,22-23H,16H2,(H3,13,14)(H2,15,17,18)/t3-,6-,7-,12-/m1/s1. The number of aromatic nitrogens is 3. The lowest BCUT2D eigenvalue weighted by molar-refractivity contribution is -0.122. The summed E-state index contributed by atoms with van der Waals surface area (Å²) in [5, 5.41) is 28.1. The summed E-state index contributed by atoms with van der Waals surface area (Å²) in [5.74, 6) is 5.29. The summed E-state index contributed by atoms with van der Waals surface area (Å²) in [5.41, 5.74) is 14.1. The summed E-state index contributed by atoms with van der Waals surface area (Å²) in [6.45, 7) is 0. The summed E-state index contributed by atoms with van der Waals surface area (Å²) >= 11 is 0. The van der Waals surface area contributed by atoms with Crippen molar-refractivity contribution in [3.05, 3.63) is 11.9 Å². The van der Waals surface area contributed by atoms with E-state index >= 15 is 0 Å². The van der Waals surface area contributed by atoms with Crippen LogP contribution in [0.1, 0.15) is 11.8 Å². The summed E-state index contributed by atoms with van der Waals surface area (Å²) in [7, 11) is 0. The number of rotatable bonds is 4. The fourth-order valence-corrected chi connectivity index (χ4v) is 2.82. The van der Waals surface area contributed by atoms with Crippen molar-refractivity contribution in [1.82, 2.24) is 14.5 Å². The fourth-order valence-electron chi connectivity index (χ4n) is 2.82. The van der Waals surface area contributed by atoms with Crippen LogP contribution in [0.3, 0.4) is 0 Å². The molecule has 2 aromatic rings. The highest BCUT2D eigenvalue weighted by Gasteiger charge is 2.45. The molecule has 12 nitrogen and oxygen atoms in total. The molecule has 1 aliphatic heterocycles. The van der Waals surface area contributed by atoms with Crippen LogP contribution < -0.4 is 22.7 Å². The molecule has 0 aliphatic carbocycles. The van der Waals surface area contributed by atoms with Crippen LogP contribution in [-0.2, 0) is 9.53 Å². The number of carbonyl (C=O) groups excluding carboxylic acids is 1. The van der Waals surface area contributed by atoms with Crippen LogP contribution >= 0.6 is 0 Å². The minimum absolute atomic E-state index is 0.0421.